The molecule has 0 atom stereocenters. The van der Waals surface area contributed by atoms with Crippen LogP contribution in [0.2, 0.25) is 0 Å². The summed E-state index contributed by atoms with van der Waals surface area (Å²) in [6.45, 7) is 6.13. The first-order valence-corrected chi connectivity index (χ1v) is 7.69. The largest absolute Gasteiger partial charge is 0.357 e. The zero-order chi connectivity index (χ0) is 16.2. The number of carbonyl (C=O) groups excluding carboxylic acids is 1. The van der Waals surface area contributed by atoms with E-state index < -0.39 is 0 Å². The molecule has 0 fully saturated rings. The summed E-state index contributed by atoms with van der Waals surface area (Å²) >= 11 is 0. The zero-order valence-corrected chi connectivity index (χ0v) is 13.3. The van der Waals surface area contributed by atoms with Crippen LogP contribution < -0.4 is 16.0 Å². The summed E-state index contributed by atoms with van der Waals surface area (Å²) in [5, 5.41) is 9.03. The van der Waals surface area contributed by atoms with Crippen LogP contribution in [0.25, 0.3) is 0 Å². The molecule has 122 valence electrons. The Labute approximate surface area is 131 Å². The van der Waals surface area contributed by atoms with E-state index in [2.05, 4.69) is 20.9 Å². The molecule has 22 heavy (non-hydrogen) atoms. The van der Waals surface area contributed by atoms with Crippen LogP contribution in [0.4, 0.5) is 4.39 Å². The van der Waals surface area contributed by atoms with Crippen molar-refractivity contribution in [2.45, 2.75) is 26.7 Å². The Bertz CT molecular complexity index is 474. The standard InChI is InChI=1S/C16H25FN4O/c1-3-10-19-15(22)12-21-16(18-4-2)20-11-9-13-5-7-14(17)8-6-13/h5-8H,3-4,9-12H2,1-2H3,(H,19,22)(H2,18,20,21). The first-order valence-electron chi connectivity index (χ1n) is 7.69. The quantitative estimate of drug-likeness (QED) is 0.503. The Morgan fingerprint density at radius 1 is 1.09 bits per heavy atom. The molecule has 0 radical (unpaired) electrons. The number of hydrogen-bond donors (Lipinski definition) is 3. The van der Waals surface area contributed by atoms with Gasteiger partial charge in [-0.3, -0.25) is 4.79 Å². The fraction of sp³-hybridized carbons (Fsp3) is 0.500. The van der Waals surface area contributed by atoms with Crippen molar-refractivity contribution < 1.29 is 9.18 Å². The van der Waals surface area contributed by atoms with E-state index in [0.29, 0.717) is 19.0 Å². The average Bonchev–Trinajstić information content (AvgIpc) is 2.52. The number of aliphatic imine (C=N–C) groups is 1. The van der Waals surface area contributed by atoms with Gasteiger partial charge in [0.2, 0.25) is 5.91 Å². The molecule has 0 spiro atoms. The van der Waals surface area contributed by atoms with E-state index in [1.165, 1.54) is 12.1 Å². The zero-order valence-electron chi connectivity index (χ0n) is 13.3. The monoisotopic (exact) mass is 308 g/mol. The third-order valence-electron chi connectivity index (χ3n) is 2.92. The Balaban J connectivity index is 2.39. The van der Waals surface area contributed by atoms with Crippen molar-refractivity contribution in [3.8, 4) is 0 Å². The third-order valence-corrected chi connectivity index (χ3v) is 2.92. The normalized spacial score (nSPS) is 11.1. The number of rotatable bonds is 8. The van der Waals surface area contributed by atoms with Crippen molar-refractivity contribution in [1.29, 1.82) is 0 Å². The van der Waals surface area contributed by atoms with Crippen LogP contribution in [-0.2, 0) is 11.2 Å². The van der Waals surface area contributed by atoms with Gasteiger partial charge in [-0.1, -0.05) is 19.1 Å². The van der Waals surface area contributed by atoms with Gasteiger partial charge < -0.3 is 16.0 Å². The summed E-state index contributed by atoms with van der Waals surface area (Å²) in [5.74, 6) is 0.290. The van der Waals surface area contributed by atoms with Crippen LogP contribution in [-0.4, -0.2) is 38.0 Å². The fourth-order valence-corrected chi connectivity index (χ4v) is 1.79. The molecular formula is C16H25FN4O. The molecule has 0 saturated carbocycles. The van der Waals surface area contributed by atoms with Crippen LogP contribution in [0, 0.1) is 5.82 Å². The second-order valence-electron chi connectivity index (χ2n) is 4.85. The number of nitrogens with zero attached hydrogens (tertiary/aromatic N) is 1. The number of hydrogen-bond acceptors (Lipinski definition) is 2. The van der Waals surface area contributed by atoms with Crippen LogP contribution >= 0.6 is 0 Å². The first kappa shape index (κ1) is 17.9. The molecule has 0 aliphatic carbocycles. The first-order chi connectivity index (χ1) is 10.7. The highest BCUT2D eigenvalue weighted by atomic mass is 19.1. The molecule has 0 unspecified atom stereocenters. The van der Waals surface area contributed by atoms with Crippen molar-refractivity contribution in [1.82, 2.24) is 16.0 Å². The number of guanidine groups is 1. The van der Waals surface area contributed by atoms with Crippen LogP contribution in [0.5, 0.6) is 0 Å². The fourth-order valence-electron chi connectivity index (χ4n) is 1.79. The number of nitrogens with one attached hydrogen (secondary N) is 3. The molecule has 0 aliphatic heterocycles. The summed E-state index contributed by atoms with van der Waals surface area (Å²) < 4.78 is 12.8. The van der Waals surface area contributed by atoms with Crippen molar-refractivity contribution in [3.63, 3.8) is 0 Å². The van der Waals surface area contributed by atoms with Gasteiger partial charge in [0.25, 0.3) is 0 Å². The Morgan fingerprint density at radius 2 is 1.82 bits per heavy atom. The van der Waals surface area contributed by atoms with E-state index in [1.54, 1.807) is 12.1 Å². The minimum Gasteiger partial charge on any atom is -0.357 e. The van der Waals surface area contributed by atoms with E-state index >= 15 is 0 Å². The van der Waals surface area contributed by atoms with Gasteiger partial charge in [-0.15, -0.1) is 0 Å². The molecule has 1 aromatic carbocycles. The topological polar surface area (TPSA) is 65.5 Å². The highest BCUT2D eigenvalue weighted by Crippen LogP contribution is 2.02. The van der Waals surface area contributed by atoms with Crippen molar-refractivity contribution in [2.24, 2.45) is 4.99 Å². The molecule has 6 heteroatoms. The number of amides is 1. The maximum Gasteiger partial charge on any atom is 0.241 e. The lowest BCUT2D eigenvalue weighted by Crippen LogP contribution is -2.39. The minimum atomic E-state index is -0.232. The summed E-state index contributed by atoms with van der Waals surface area (Å²) in [6.07, 6.45) is 1.66. The van der Waals surface area contributed by atoms with Gasteiger partial charge in [-0.05, 0) is 37.5 Å². The molecule has 1 amide bonds. The predicted molar refractivity (Wildman–Crippen MR) is 87.4 cm³/mol. The molecule has 0 aromatic heterocycles. The Morgan fingerprint density at radius 3 is 2.45 bits per heavy atom. The van der Waals surface area contributed by atoms with Crippen LogP contribution in [0.3, 0.4) is 0 Å². The molecule has 5 nitrogen and oxygen atoms in total. The lowest BCUT2D eigenvalue weighted by molar-refractivity contribution is -0.119. The Kier molecular flexibility index (Phi) is 8.64. The van der Waals surface area contributed by atoms with Gasteiger partial charge in [0.15, 0.2) is 5.96 Å². The predicted octanol–water partition coefficient (Wildman–Crippen LogP) is 1.45. The Hall–Kier alpha value is -2.11. The third kappa shape index (κ3) is 7.61. The smallest absolute Gasteiger partial charge is 0.241 e. The lowest BCUT2D eigenvalue weighted by atomic mass is 10.1. The maximum atomic E-state index is 12.8. The van der Waals surface area contributed by atoms with Crippen LogP contribution in [0.15, 0.2) is 29.3 Å². The molecule has 1 aromatic rings. The van der Waals surface area contributed by atoms with E-state index in [4.69, 9.17) is 0 Å². The van der Waals surface area contributed by atoms with Crippen LogP contribution in [0.1, 0.15) is 25.8 Å². The van der Waals surface area contributed by atoms with Gasteiger partial charge in [0.1, 0.15) is 12.4 Å². The van der Waals surface area contributed by atoms with Crippen molar-refractivity contribution in [2.75, 3.05) is 26.2 Å². The van der Waals surface area contributed by atoms with Crippen molar-refractivity contribution >= 4 is 11.9 Å². The highest BCUT2D eigenvalue weighted by Gasteiger charge is 2.01. The molecule has 3 N–H and O–H groups in total. The van der Waals surface area contributed by atoms with Gasteiger partial charge in [-0.25, -0.2) is 9.38 Å². The van der Waals surface area contributed by atoms with Gasteiger partial charge >= 0.3 is 0 Å². The maximum absolute atomic E-state index is 12.8. The molecule has 0 saturated heterocycles. The molecule has 0 heterocycles. The number of halogens is 1. The average molecular weight is 308 g/mol. The summed E-state index contributed by atoms with van der Waals surface area (Å²) in [5.41, 5.74) is 1.05. The lowest BCUT2D eigenvalue weighted by Gasteiger charge is -2.11. The highest BCUT2D eigenvalue weighted by molar-refractivity contribution is 5.84. The SMILES string of the molecule is CCCNC(=O)CN=C(NCC)NCCc1ccc(F)cc1. The molecular weight excluding hydrogens is 283 g/mol. The molecule has 1 rings (SSSR count). The number of carbonyl (C=O) groups is 1. The van der Waals surface area contributed by atoms with E-state index in [0.717, 1.165) is 24.9 Å². The molecule has 0 bridgehead atoms. The minimum absolute atomic E-state index is 0.0856. The van der Waals surface area contributed by atoms with Gasteiger partial charge in [-0.2, -0.15) is 0 Å². The summed E-state index contributed by atoms with van der Waals surface area (Å²) in [6, 6.07) is 6.43. The van der Waals surface area contributed by atoms with Crippen molar-refractivity contribution in [3.05, 3.63) is 35.6 Å². The second kappa shape index (κ2) is 10.6. The van der Waals surface area contributed by atoms with E-state index in [1.807, 2.05) is 13.8 Å². The van der Waals surface area contributed by atoms with E-state index in [-0.39, 0.29) is 18.3 Å². The number of benzene rings is 1. The summed E-state index contributed by atoms with van der Waals surface area (Å²) in [7, 11) is 0. The summed E-state index contributed by atoms with van der Waals surface area (Å²) in [4.78, 5) is 15.8. The molecule has 0 aliphatic rings. The second-order valence-corrected chi connectivity index (χ2v) is 4.85. The van der Waals surface area contributed by atoms with Gasteiger partial charge in [0.05, 0.1) is 0 Å². The van der Waals surface area contributed by atoms with E-state index in [9.17, 15) is 9.18 Å². The van der Waals surface area contributed by atoms with Gasteiger partial charge in [0, 0.05) is 19.6 Å².